The third-order valence-electron chi connectivity index (χ3n) is 3.19. The first-order chi connectivity index (χ1) is 10.9. The lowest BCUT2D eigenvalue weighted by Crippen LogP contribution is -2.39. The molecule has 0 fully saturated rings. The molecule has 7 heteroatoms. The third-order valence-corrected chi connectivity index (χ3v) is 4.10. The topological polar surface area (TPSA) is 71.0 Å². The van der Waals surface area contributed by atoms with Crippen molar-refractivity contribution in [1.82, 2.24) is 10.2 Å². The summed E-state index contributed by atoms with van der Waals surface area (Å²) in [5.74, 6) is 0.921. The van der Waals surface area contributed by atoms with E-state index < -0.39 is 9.84 Å². The first-order valence-electron chi connectivity index (χ1n) is 8.26. The van der Waals surface area contributed by atoms with Gasteiger partial charge in [-0.3, -0.25) is 4.99 Å². The number of guanidine groups is 1. The molecule has 0 aliphatic heterocycles. The molecule has 0 spiro atoms. The Morgan fingerprint density at radius 1 is 1.30 bits per heavy atom. The summed E-state index contributed by atoms with van der Waals surface area (Å²) in [7, 11) is -0.927. The van der Waals surface area contributed by atoms with Crippen molar-refractivity contribution in [2.24, 2.45) is 4.99 Å². The third kappa shape index (κ3) is 14.3. The average Bonchev–Trinajstić information content (AvgIpc) is 2.48. The van der Waals surface area contributed by atoms with Crippen LogP contribution >= 0.6 is 0 Å². The summed E-state index contributed by atoms with van der Waals surface area (Å²) < 4.78 is 27.3. The number of aliphatic imine (C=N–C) groups is 1. The van der Waals surface area contributed by atoms with Crippen LogP contribution in [0.15, 0.2) is 17.6 Å². The minimum absolute atomic E-state index is 0.0569. The fourth-order valence-corrected chi connectivity index (χ4v) is 2.34. The minimum atomic E-state index is -2.95. The summed E-state index contributed by atoms with van der Waals surface area (Å²) >= 11 is 0. The van der Waals surface area contributed by atoms with Crippen molar-refractivity contribution >= 4 is 15.8 Å². The van der Waals surface area contributed by atoms with E-state index >= 15 is 0 Å². The van der Waals surface area contributed by atoms with Gasteiger partial charge in [0.2, 0.25) is 0 Å². The molecular weight excluding hydrogens is 314 g/mol. The van der Waals surface area contributed by atoms with Crippen LogP contribution < -0.4 is 5.32 Å². The average molecular weight is 348 g/mol. The predicted molar refractivity (Wildman–Crippen MR) is 97.8 cm³/mol. The van der Waals surface area contributed by atoms with Gasteiger partial charge in [0, 0.05) is 26.4 Å². The highest BCUT2D eigenvalue weighted by Gasteiger charge is 2.05. The molecule has 0 aliphatic rings. The molecule has 0 aromatic rings. The second kappa shape index (κ2) is 13.4. The van der Waals surface area contributed by atoms with Gasteiger partial charge in [-0.05, 0) is 26.2 Å². The van der Waals surface area contributed by atoms with Crippen LogP contribution in [0.3, 0.4) is 0 Å². The van der Waals surface area contributed by atoms with Crippen LogP contribution in [0, 0.1) is 0 Å². The van der Waals surface area contributed by atoms with E-state index in [0.717, 1.165) is 31.9 Å². The summed E-state index contributed by atoms with van der Waals surface area (Å²) in [6.45, 7) is 8.71. The molecule has 0 aromatic heterocycles. The lowest BCUT2D eigenvalue weighted by Gasteiger charge is -2.22. The minimum Gasteiger partial charge on any atom is -0.378 e. The van der Waals surface area contributed by atoms with Gasteiger partial charge in [0.1, 0.15) is 9.84 Å². The smallest absolute Gasteiger partial charge is 0.193 e. The van der Waals surface area contributed by atoms with Crippen LogP contribution in [-0.2, 0) is 14.6 Å². The fraction of sp³-hybridized carbons (Fsp3) is 0.812. The Bertz CT molecular complexity index is 436. The van der Waals surface area contributed by atoms with Gasteiger partial charge in [-0.15, -0.1) is 6.58 Å². The molecule has 0 amide bonds. The van der Waals surface area contributed by atoms with E-state index in [4.69, 9.17) is 4.74 Å². The van der Waals surface area contributed by atoms with E-state index in [2.05, 4.69) is 21.8 Å². The van der Waals surface area contributed by atoms with Gasteiger partial charge in [0.25, 0.3) is 0 Å². The molecule has 136 valence electrons. The highest BCUT2D eigenvalue weighted by molar-refractivity contribution is 7.90. The monoisotopic (exact) mass is 347 g/mol. The molecule has 0 unspecified atom stereocenters. The summed E-state index contributed by atoms with van der Waals surface area (Å²) in [5, 5.41) is 3.26. The van der Waals surface area contributed by atoms with Crippen molar-refractivity contribution in [2.45, 2.75) is 32.6 Å². The van der Waals surface area contributed by atoms with Crippen molar-refractivity contribution in [3.8, 4) is 0 Å². The molecule has 0 saturated heterocycles. The Kier molecular flexibility index (Phi) is 12.7. The normalized spacial score (nSPS) is 12.2. The van der Waals surface area contributed by atoms with Gasteiger partial charge in [-0.25, -0.2) is 8.42 Å². The van der Waals surface area contributed by atoms with Crippen LogP contribution in [0.5, 0.6) is 0 Å². The standard InChI is InChI=1S/C16H33N3O3S/c1-5-7-8-9-10-12-19(3)16(17-6-2)18-11-13-22-14-15-23(4,20)21/h5H,1,6-15H2,2-4H3,(H,17,18). The zero-order chi connectivity index (χ0) is 17.6. The lowest BCUT2D eigenvalue weighted by molar-refractivity contribution is 0.157. The Morgan fingerprint density at radius 2 is 2.04 bits per heavy atom. The summed E-state index contributed by atoms with van der Waals surface area (Å²) in [4.78, 5) is 6.62. The Morgan fingerprint density at radius 3 is 2.65 bits per heavy atom. The fourth-order valence-electron chi connectivity index (χ4n) is 1.92. The molecule has 1 N–H and O–H groups in total. The van der Waals surface area contributed by atoms with Gasteiger partial charge in [0.15, 0.2) is 5.96 Å². The predicted octanol–water partition coefficient (Wildman–Crippen LogP) is 1.69. The van der Waals surface area contributed by atoms with Crippen LogP contribution in [0.4, 0.5) is 0 Å². The number of hydrogen-bond donors (Lipinski definition) is 1. The molecule has 0 aliphatic carbocycles. The largest absolute Gasteiger partial charge is 0.378 e. The maximum absolute atomic E-state index is 11.0. The molecule has 0 heterocycles. The number of nitrogens with one attached hydrogen (secondary N) is 1. The molecular formula is C16H33N3O3S. The highest BCUT2D eigenvalue weighted by Crippen LogP contribution is 2.01. The van der Waals surface area contributed by atoms with Crippen LogP contribution in [-0.4, -0.2) is 71.2 Å². The number of ether oxygens (including phenoxy) is 1. The molecule has 23 heavy (non-hydrogen) atoms. The van der Waals surface area contributed by atoms with Crippen molar-refractivity contribution in [3.05, 3.63) is 12.7 Å². The van der Waals surface area contributed by atoms with E-state index in [0.29, 0.717) is 13.2 Å². The number of unbranched alkanes of at least 4 members (excludes halogenated alkanes) is 3. The number of nitrogens with zero attached hydrogens (tertiary/aromatic N) is 2. The van der Waals surface area contributed by atoms with Gasteiger partial charge < -0.3 is 15.0 Å². The summed E-state index contributed by atoms with van der Waals surface area (Å²) in [6, 6.07) is 0. The second-order valence-electron chi connectivity index (χ2n) is 5.54. The van der Waals surface area contributed by atoms with Crippen molar-refractivity contribution in [2.75, 3.05) is 51.9 Å². The van der Waals surface area contributed by atoms with Gasteiger partial charge in [-0.2, -0.15) is 0 Å². The molecule has 0 atom stereocenters. The Hall–Kier alpha value is -1.08. The first-order valence-corrected chi connectivity index (χ1v) is 10.3. The molecule has 0 bridgehead atoms. The zero-order valence-corrected chi connectivity index (χ0v) is 15.7. The summed E-state index contributed by atoms with van der Waals surface area (Å²) in [6.07, 6.45) is 7.73. The van der Waals surface area contributed by atoms with E-state index in [9.17, 15) is 8.42 Å². The quantitative estimate of drug-likeness (QED) is 0.238. The number of sulfone groups is 1. The maximum Gasteiger partial charge on any atom is 0.193 e. The molecule has 0 aromatic carbocycles. The molecule has 6 nitrogen and oxygen atoms in total. The Balaban J connectivity index is 4.03. The first kappa shape index (κ1) is 21.9. The second-order valence-corrected chi connectivity index (χ2v) is 7.80. The lowest BCUT2D eigenvalue weighted by atomic mass is 10.2. The van der Waals surface area contributed by atoms with Gasteiger partial charge >= 0.3 is 0 Å². The van der Waals surface area contributed by atoms with E-state index in [1.807, 2.05) is 20.0 Å². The van der Waals surface area contributed by atoms with E-state index in [-0.39, 0.29) is 12.4 Å². The van der Waals surface area contributed by atoms with Crippen LogP contribution in [0.2, 0.25) is 0 Å². The molecule has 0 rings (SSSR count). The van der Waals surface area contributed by atoms with Gasteiger partial charge in [0.05, 0.1) is 25.5 Å². The number of hydrogen-bond acceptors (Lipinski definition) is 4. The zero-order valence-electron chi connectivity index (χ0n) is 14.9. The van der Waals surface area contributed by atoms with E-state index in [1.165, 1.54) is 19.1 Å². The van der Waals surface area contributed by atoms with Crippen LogP contribution in [0.25, 0.3) is 0 Å². The molecule has 0 radical (unpaired) electrons. The van der Waals surface area contributed by atoms with E-state index in [1.54, 1.807) is 0 Å². The number of rotatable bonds is 13. The van der Waals surface area contributed by atoms with Crippen molar-refractivity contribution in [1.29, 1.82) is 0 Å². The number of allylic oxidation sites excluding steroid dienone is 1. The van der Waals surface area contributed by atoms with Crippen molar-refractivity contribution in [3.63, 3.8) is 0 Å². The maximum atomic E-state index is 11.0. The SMILES string of the molecule is C=CCCCCCN(C)C(=NCCOCCS(C)(=O)=O)NCC. The van der Waals surface area contributed by atoms with Crippen molar-refractivity contribution < 1.29 is 13.2 Å². The molecule has 0 saturated carbocycles. The van der Waals surface area contributed by atoms with Crippen LogP contribution in [0.1, 0.15) is 32.6 Å². The van der Waals surface area contributed by atoms with Gasteiger partial charge in [-0.1, -0.05) is 12.5 Å². The summed E-state index contributed by atoms with van der Waals surface area (Å²) in [5.41, 5.74) is 0. The highest BCUT2D eigenvalue weighted by atomic mass is 32.2. The Labute approximate surface area is 141 Å².